The van der Waals surface area contributed by atoms with Gasteiger partial charge >= 0.3 is 0 Å². The number of amidine groups is 1. The molecule has 326 valence electrons. The van der Waals surface area contributed by atoms with Gasteiger partial charge in [-0.1, -0.05) is 61.8 Å². The first-order valence-electron chi connectivity index (χ1n) is 21.1. The summed E-state index contributed by atoms with van der Waals surface area (Å²) in [6.45, 7) is 12.6. The van der Waals surface area contributed by atoms with Crippen LogP contribution in [-0.4, -0.2) is 78.0 Å². The second-order valence-corrected chi connectivity index (χ2v) is 18.6. The summed E-state index contributed by atoms with van der Waals surface area (Å²) < 4.78 is 13.5. The molecule has 0 bridgehead atoms. The predicted molar refractivity (Wildman–Crippen MR) is 241 cm³/mol. The molecule has 0 radical (unpaired) electrons. The fourth-order valence-corrected chi connectivity index (χ4v) is 10.1. The van der Waals surface area contributed by atoms with Crippen molar-refractivity contribution in [2.75, 3.05) is 18.1 Å². The molecule has 2 amide bonds. The van der Waals surface area contributed by atoms with Gasteiger partial charge in [0.1, 0.15) is 24.4 Å². The van der Waals surface area contributed by atoms with Crippen molar-refractivity contribution in [3.8, 4) is 27.4 Å². The highest BCUT2D eigenvalue weighted by molar-refractivity contribution is 7.13. The Labute approximate surface area is 374 Å². The minimum absolute atomic E-state index is 0.0334. The van der Waals surface area contributed by atoms with Gasteiger partial charge in [-0.15, -0.1) is 11.3 Å². The molecule has 0 aliphatic carbocycles. The molecule has 1 unspecified atom stereocenters. The number of hydrogen-bond donors (Lipinski definition) is 3. The third-order valence-corrected chi connectivity index (χ3v) is 13.7. The molecular weight excluding hydrogens is 840 g/mol. The van der Waals surface area contributed by atoms with E-state index >= 15 is 0 Å². The number of benzene rings is 3. The molecule has 1 saturated heterocycles. The van der Waals surface area contributed by atoms with Crippen molar-refractivity contribution in [1.82, 2.24) is 30.1 Å². The van der Waals surface area contributed by atoms with Crippen LogP contribution in [0.3, 0.4) is 0 Å². The van der Waals surface area contributed by atoms with Gasteiger partial charge in [0, 0.05) is 36.4 Å². The molecule has 0 saturated carbocycles. The highest BCUT2D eigenvalue weighted by Crippen LogP contribution is 2.52. The highest BCUT2D eigenvalue weighted by Gasteiger charge is 2.47. The normalized spacial score (nSPS) is 19.7. The Morgan fingerprint density at radius 2 is 1.81 bits per heavy atom. The lowest BCUT2D eigenvalue weighted by Crippen LogP contribution is -2.48. The zero-order valence-electron chi connectivity index (χ0n) is 35.8. The van der Waals surface area contributed by atoms with Crippen LogP contribution in [-0.2, 0) is 21.5 Å². The molecule has 3 aliphatic rings. The average Bonchev–Trinajstić information content (AvgIpc) is 4.11. The number of aromatic nitrogens is 4. The van der Waals surface area contributed by atoms with Gasteiger partial charge in [0.25, 0.3) is 5.88 Å². The summed E-state index contributed by atoms with van der Waals surface area (Å²) in [5, 5.41) is 33.9. The van der Waals surface area contributed by atoms with Crippen molar-refractivity contribution in [2.45, 2.75) is 90.3 Å². The lowest BCUT2D eigenvalue weighted by molar-refractivity contribution is -0.141. The number of nitrogens with one attached hydrogen (secondary N) is 1. The summed E-state index contributed by atoms with van der Waals surface area (Å²) in [6, 6.07) is 20.3. The number of aliphatic hydroxyl groups excluding tert-OH is 2. The summed E-state index contributed by atoms with van der Waals surface area (Å²) >= 11 is 8.09. The van der Waals surface area contributed by atoms with Crippen LogP contribution >= 0.6 is 22.9 Å². The number of nitrogens with zero attached hydrogens (tertiary/aromatic N) is 7. The Balaban J connectivity index is 0.829. The number of carbonyl (C=O) groups is 2. The molecule has 6 aromatic rings. The number of fused-ring (bicyclic) bond motifs is 5. The highest BCUT2D eigenvalue weighted by atomic mass is 35.5. The number of aliphatic hydroxyl groups is 2. The number of aryl methyl sites for hydroxylation is 1. The number of ether oxygens (including phenoxy) is 1. The first-order valence-corrected chi connectivity index (χ1v) is 22.4. The van der Waals surface area contributed by atoms with Gasteiger partial charge in [-0.25, -0.2) is 9.98 Å². The topological polar surface area (TPSA) is 171 Å². The SMILES string of the molecule is Cc1ncsc1-c1ccc([C@H](C)NC(=O)[C@@H]2C[C@@H](O)CN2C(=O)[C@@H](c2cc(OCCn3cc(-c4ccc5c(c4)C(C)(C)C4=NC(O)c6c(Cl)cccc6N45)cn3)no2)C(C)C)cc1. The van der Waals surface area contributed by atoms with Gasteiger partial charge < -0.3 is 29.7 Å². The maximum Gasteiger partial charge on any atom is 0.254 e. The van der Waals surface area contributed by atoms with Gasteiger partial charge in [0.15, 0.2) is 12.0 Å². The quantitative estimate of drug-likeness (QED) is 0.109. The van der Waals surface area contributed by atoms with E-state index in [0.29, 0.717) is 22.9 Å². The van der Waals surface area contributed by atoms with Crippen LogP contribution in [0.4, 0.5) is 11.4 Å². The lowest BCUT2D eigenvalue weighted by Gasteiger charge is -2.33. The van der Waals surface area contributed by atoms with Gasteiger partial charge in [-0.3, -0.25) is 19.2 Å². The van der Waals surface area contributed by atoms with Crippen molar-refractivity contribution in [3.63, 3.8) is 0 Å². The summed E-state index contributed by atoms with van der Waals surface area (Å²) in [5.41, 5.74) is 9.69. The standard InChI is InChI=1S/C47H49ClN8O6S/c1-25(2)40(45(60)55-23-32(57)19-37(55)43(58)51-26(3)28-10-12-29(13-11-28)42-27(4)49-24-63-42)38-20-39(53-62-38)61-17-16-54-22-31(21-50-54)30-14-15-35-33(18-30)47(5,6)46-52-44(59)41-34(48)8-7-9-36(41)56(35)46/h7-15,18,20-22,24-26,32,37,40,44,57,59H,16-17,19,23H2,1-6H3,(H,51,58)/t26-,32+,37-,40+,44?/m0/s1. The monoisotopic (exact) mass is 888 g/mol. The van der Waals surface area contributed by atoms with Crippen LogP contribution in [0, 0.1) is 12.8 Å². The number of thiazole rings is 1. The molecule has 3 aromatic carbocycles. The number of halogens is 1. The number of aliphatic imine (C=N–C) groups is 1. The second kappa shape index (κ2) is 16.7. The molecule has 3 N–H and O–H groups in total. The van der Waals surface area contributed by atoms with Crippen LogP contribution in [0.15, 0.2) is 94.1 Å². The molecule has 3 aliphatic heterocycles. The summed E-state index contributed by atoms with van der Waals surface area (Å²) in [4.78, 5) is 41.6. The third kappa shape index (κ3) is 7.81. The minimum atomic E-state index is -1.04. The first kappa shape index (κ1) is 42.4. The van der Waals surface area contributed by atoms with Crippen molar-refractivity contribution in [3.05, 3.63) is 118 Å². The summed E-state index contributed by atoms with van der Waals surface area (Å²) in [6.07, 6.45) is 2.01. The average molecular weight is 889 g/mol. The molecule has 63 heavy (non-hydrogen) atoms. The van der Waals surface area contributed by atoms with Crippen LogP contribution in [0.2, 0.25) is 5.02 Å². The number of hydrogen-bond acceptors (Lipinski definition) is 12. The van der Waals surface area contributed by atoms with E-state index in [1.54, 1.807) is 28.2 Å². The number of amides is 2. The van der Waals surface area contributed by atoms with Crippen molar-refractivity contribution < 1.29 is 29.1 Å². The second-order valence-electron chi connectivity index (χ2n) is 17.3. The van der Waals surface area contributed by atoms with E-state index in [9.17, 15) is 19.8 Å². The van der Waals surface area contributed by atoms with E-state index < -0.39 is 29.7 Å². The van der Waals surface area contributed by atoms with Gasteiger partial charge in [0.05, 0.1) is 62.8 Å². The Morgan fingerprint density at radius 3 is 2.56 bits per heavy atom. The maximum atomic E-state index is 14.2. The third-order valence-electron chi connectivity index (χ3n) is 12.4. The van der Waals surface area contributed by atoms with Gasteiger partial charge in [0.2, 0.25) is 11.8 Å². The molecule has 3 aromatic heterocycles. The van der Waals surface area contributed by atoms with Crippen LogP contribution < -0.4 is 15.0 Å². The number of anilines is 2. The zero-order chi connectivity index (χ0) is 44.3. The van der Waals surface area contributed by atoms with Crippen LogP contribution in [0.5, 0.6) is 5.88 Å². The Hall–Kier alpha value is -5.87. The van der Waals surface area contributed by atoms with E-state index in [2.05, 4.69) is 57.5 Å². The molecule has 14 nitrogen and oxygen atoms in total. The molecule has 0 spiro atoms. The molecule has 9 rings (SSSR count). The molecule has 1 fully saturated rings. The van der Waals surface area contributed by atoms with E-state index in [4.69, 9.17) is 25.9 Å². The Kier molecular flexibility index (Phi) is 11.2. The van der Waals surface area contributed by atoms with E-state index in [0.717, 1.165) is 55.6 Å². The number of rotatable bonds is 12. The lowest BCUT2D eigenvalue weighted by atomic mass is 9.84. The van der Waals surface area contributed by atoms with E-state index in [1.165, 1.54) is 4.90 Å². The number of β-amino-alcohol motifs (C(OH)–C–C–N with tert-alkyl or cyclic N) is 1. The van der Waals surface area contributed by atoms with Crippen LogP contribution in [0.1, 0.15) is 87.4 Å². The van der Waals surface area contributed by atoms with Gasteiger partial charge in [-0.05, 0) is 85.3 Å². The van der Waals surface area contributed by atoms with Crippen molar-refractivity contribution in [1.29, 1.82) is 0 Å². The fourth-order valence-electron chi connectivity index (χ4n) is 9.03. The van der Waals surface area contributed by atoms with Crippen LogP contribution in [0.25, 0.3) is 21.6 Å². The molecule has 16 heteroatoms. The minimum Gasteiger partial charge on any atom is -0.474 e. The number of likely N-dealkylation sites (tertiary alicyclic amines) is 1. The van der Waals surface area contributed by atoms with Gasteiger partial charge in [-0.2, -0.15) is 5.10 Å². The summed E-state index contributed by atoms with van der Waals surface area (Å²) in [7, 11) is 0. The number of carbonyl (C=O) groups excluding carboxylic acids is 2. The summed E-state index contributed by atoms with van der Waals surface area (Å²) in [5.74, 6) is -0.309. The first-order chi connectivity index (χ1) is 30.2. The van der Waals surface area contributed by atoms with E-state index in [-0.39, 0.29) is 49.2 Å². The predicted octanol–water partition coefficient (Wildman–Crippen LogP) is 8.11. The molecular formula is C47H49ClN8O6S. The van der Waals surface area contributed by atoms with Crippen molar-refractivity contribution >= 4 is 52.0 Å². The zero-order valence-corrected chi connectivity index (χ0v) is 37.4. The fraction of sp³-hybridized carbons (Fsp3) is 0.362. The maximum absolute atomic E-state index is 14.2. The smallest absolute Gasteiger partial charge is 0.254 e. The molecule has 5 atom stereocenters. The Morgan fingerprint density at radius 1 is 1.03 bits per heavy atom. The van der Waals surface area contributed by atoms with E-state index in [1.807, 2.05) is 82.0 Å². The molecule has 6 heterocycles. The Bertz CT molecular complexity index is 2720. The largest absolute Gasteiger partial charge is 0.474 e. The van der Waals surface area contributed by atoms with Crippen molar-refractivity contribution in [2.24, 2.45) is 10.9 Å².